The van der Waals surface area contributed by atoms with Crippen LogP contribution in [0.2, 0.25) is 0 Å². The molecule has 32 heavy (non-hydrogen) atoms. The molecule has 0 spiro atoms. The quantitative estimate of drug-likeness (QED) is 0.220. The van der Waals surface area contributed by atoms with Gasteiger partial charge in [-0.2, -0.15) is 0 Å². The van der Waals surface area contributed by atoms with Gasteiger partial charge in [0, 0.05) is 28.5 Å². The van der Waals surface area contributed by atoms with Crippen molar-refractivity contribution in [3.63, 3.8) is 0 Å². The Morgan fingerprint density at radius 3 is 1.78 bits per heavy atom. The first kappa shape index (κ1) is 28.8. The molecule has 5 nitrogen and oxygen atoms in total. The molecule has 0 aliphatic heterocycles. The lowest BCUT2D eigenvalue weighted by Crippen LogP contribution is -2.56. The number of nitrogens with zero attached hydrogens (tertiary/aromatic N) is 2. The Hall–Kier alpha value is -1.23. The van der Waals surface area contributed by atoms with Gasteiger partial charge in [0.1, 0.15) is 11.7 Å². The summed E-state index contributed by atoms with van der Waals surface area (Å²) in [6, 6.07) is 0.850. The highest BCUT2D eigenvalue weighted by Crippen LogP contribution is 2.32. The Kier molecular flexibility index (Phi) is 11.6. The second kappa shape index (κ2) is 12.9. The van der Waals surface area contributed by atoms with Gasteiger partial charge in [0.05, 0.1) is 6.34 Å². The van der Waals surface area contributed by atoms with E-state index in [9.17, 15) is 0 Å². The van der Waals surface area contributed by atoms with Crippen LogP contribution >= 0.6 is 0 Å². The third-order valence-corrected chi connectivity index (χ3v) is 8.79. The minimum atomic E-state index is -0.195. The first-order valence-corrected chi connectivity index (χ1v) is 13.3. The van der Waals surface area contributed by atoms with Gasteiger partial charge in [-0.25, -0.2) is 9.98 Å². The van der Waals surface area contributed by atoms with E-state index in [1.807, 2.05) is 6.34 Å². The predicted molar refractivity (Wildman–Crippen MR) is 142 cm³/mol. The molecule has 1 fully saturated rings. The summed E-state index contributed by atoms with van der Waals surface area (Å²) in [5, 5.41) is 16.3. The fraction of sp³-hybridized carbons (Fsp3) is 0.889. The summed E-state index contributed by atoms with van der Waals surface area (Å²) in [7, 11) is 0. The van der Waals surface area contributed by atoms with Crippen molar-refractivity contribution >= 4 is 18.0 Å². The number of hydrogen-bond donors (Lipinski definition) is 3. The molecule has 0 aromatic heterocycles. The van der Waals surface area contributed by atoms with E-state index < -0.39 is 0 Å². The van der Waals surface area contributed by atoms with Crippen LogP contribution in [0.25, 0.3) is 0 Å². The fourth-order valence-corrected chi connectivity index (χ4v) is 4.31. The SMILES string of the molecule is CCC(C)(CC)NC1CCCCC1N/C=N/C(=N\C(=N)C(C)(CC)CC)C(C)(CC)CC. The smallest absolute Gasteiger partial charge is 0.138 e. The van der Waals surface area contributed by atoms with Crippen molar-refractivity contribution in [2.24, 2.45) is 20.8 Å². The number of nitrogens with one attached hydrogen (secondary N) is 3. The van der Waals surface area contributed by atoms with E-state index in [1.165, 1.54) is 19.3 Å². The zero-order valence-corrected chi connectivity index (χ0v) is 22.7. The number of hydrogen-bond acceptors (Lipinski definition) is 2. The predicted octanol–water partition coefficient (Wildman–Crippen LogP) is 7.11. The van der Waals surface area contributed by atoms with Crippen LogP contribution in [0.15, 0.2) is 9.98 Å². The van der Waals surface area contributed by atoms with Crippen LogP contribution < -0.4 is 10.6 Å². The van der Waals surface area contributed by atoms with Gasteiger partial charge in [0.15, 0.2) is 0 Å². The van der Waals surface area contributed by atoms with Crippen molar-refractivity contribution in [2.75, 3.05) is 0 Å². The minimum absolute atomic E-state index is 0.125. The standard InChI is InChI=1S/C27H53N5/c1-10-25(7,11-2)23(28)31-24(26(8,12-3)13-4)30-20-29-21-18-16-17-19-22(21)32-27(9,14-5)15-6/h20-22,32H,10-19H2,1-9H3,(H2,28,29,30,31). The number of amidine groups is 2. The molecule has 0 radical (unpaired) electrons. The molecule has 1 saturated carbocycles. The normalized spacial score (nSPS) is 21.2. The molecule has 0 saturated heterocycles. The third kappa shape index (κ3) is 7.40. The highest BCUT2D eigenvalue weighted by molar-refractivity contribution is 6.03. The number of aliphatic imine (C=N–C) groups is 2. The lowest BCUT2D eigenvalue weighted by Gasteiger charge is -2.40. The minimum Gasteiger partial charge on any atom is -0.372 e. The lowest BCUT2D eigenvalue weighted by molar-refractivity contribution is 0.221. The molecule has 0 heterocycles. The maximum absolute atomic E-state index is 8.72. The van der Waals surface area contributed by atoms with Crippen molar-refractivity contribution < 1.29 is 0 Å². The average molecular weight is 448 g/mol. The van der Waals surface area contributed by atoms with E-state index in [-0.39, 0.29) is 16.4 Å². The first-order chi connectivity index (χ1) is 15.1. The fourth-order valence-electron chi connectivity index (χ4n) is 4.31. The Morgan fingerprint density at radius 2 is 1.31 bits per heavy atom. The van der Waals surface area contributed by atoms with E-state index in [1.54, 1.807) is 0 Å². The Balaban J connectivity index is 3.10. The summed E-state index contributed by atoms with van der Waals surface area (Å²) in [4.78, 5) is 9.71. The molecule has 2 unspecified atom stereocenters. The molecule has 1 rings (SSSR count). The van der Waals surface area contributed by atoms with E-state index in [2.05, 4.69) is 72.9 Å². The van der Waals surface area contributed by atoms with Crippen LogP contribution in [0.5, 0.6) is 0 Å². The van der Waals surface area contributed by atoms with Crippen LogP contribution in [0.1, 0.15) is 127 Å². The molecule has 186 valence electrons. The maximum Gasteiger partial charge on any atom is 0.138 e. The van der Waals surface area contributed by atoms with Crippen LogP contribution in [-0.2, 0) is 0 Å². The first-order valence-electron chi connectivity index (χ1n) is 13.3. The third-order valence-electron chi connectivity index (χ3n) is 8.79. The largest absolute Gasteiger partial charge is 0.372 e. The van der Waals surface area contributed by atoms with E-state index >= 15 is 0 Å². The Labute approximate surface area is 199 Å². The Bertz CT molecular complexity index is 624. The summed E-state index contributed by atoms with van der Waals surface area (Å²) in [6.45, 7) is 19.9. The molecule has 3 N–H and O–H groups in total. The van der Waals surface area contributed by atoms with Crippen LogP contribution in [-0.4, -0.2) is 35.6 Å². The van der Waals surface area contributed by atoms with Crippen molar-refractivity contribution in [2.45, 2.75) is 144 Å². The Morgan fingerprint density at radius 1 is 0.812 bits per heavy atom. The molecule has 5 heteroatoms. The molecule has 2 atom stereocenters. The molecule has 0 aromatic carbocycles. The molecule has 0 bridgehead atoms. The zero-order chi connectivity index (χ0) is 24.4. The van der Waals surface area contributed by atoms with Crippen LogP contribution in [0.4, 0.5) is 0 Å². The molecule has 1 aliphatic carbocycles. The van der Waals surface area contributed by atoms with E-state index in [0.29, 0.717) is 17.9 Å². The van der Waals surface area contributed by atoms with Gasteiger partial charge in [0.2, 0.25) is 0 Å². The molecule has 1 aliphatic rings. The average Bonchev–Trinajstić information content (AvgIpc) is 2.83. The summed E-state index contributed by atoms with van der Waals surface area (Å²) >= 11 is 0. The van der Waals surface area contributed by atoms with Crippen molar-refractivity contribution in [3.05, 3.63) is 0 Å². The second-order valence-electron chi connectivity index (χ2n) is 10.7. The maximum atomic E-state index is 8.72. The van der Waals surface area contributed by atoms with Crippen LogP contribution in [0, 0.1) is 16.2 Å². The van der Waals surface area contributed by atoms with Gasteiger partial charge >= 0.3 is 0 Å². The monoisotopic (exact) mass is 447 g/mol. The summed E-state index contributed by atoms with van der Waals surface area (Å²) in [5.74, 6) is 1.25. The van der Waals surface area contributed by atoms with Gasteiger partial charge in [-0.3, -0.25) is 5.41 Å². The van der Waals surface area contributed by atoms with Gasteiger partial charge in [-0.1, -0.05) is 68.2 Å². The topological polar surface area (TPSA) is 72.6 Å². The second-order valence-corrected chi connectivity index (χ2v) is 10.7. The van der Waals surface area contributed by atoms with E-state index in [0.717, 1.165) is 50.8 Å². The zero-order valence-electron chi connectivity index (χ0n) is 22.7. The molecule has 0 aromatic rings. The molecule has 0 amide bonds. The van der Waals surface area contributed by atoms with Gasteiger partial charge < -0.3 is 10.6 Å². The number of rotatable bonds is 12. The summed E-state index contributed by atoms with van der Waals surface area (Å²) in [6.07, 6.45) is 12.8. The van der Waals surface area contributed by atoms with Crippen molar-refractivity contribution in [1.82, 2.24) is 10.6 Å². The summed E-state index contributed by atoms with van der Waals surface area (Å²) < 4.78 is 0. The van der Waals surface area contributed by atoms with Crippen molar-refractivity contribution in [3.8, 4) is 0 Å². The molecular weight excluding hydrogens is 394 g/mol. The lowest BCUT2D eigenvalue weighted by atomic mass is 9.81. The van der Waals surface area contributed by atoms with Crippen molar-refractivity contribution in [1.29, 1.82) is 5.41 Å². The van der Waals surface area contributed by atoms with E-state index in [4.69, 9.17) is 15.4 Å². The van der Waals surface area contributed by atoms with Gasteiger partial charge in [0.25, 0.3) is 0 Å². The van der Waals surface area contributed by atoms with Gasteiger partial charge in [-0.15, -0.1) is 0 Å². The summed E-state index contributed by atoms with van der Waals surface area (Å²) in [5.41, 5.74) is -0.131. The highest BCUT2D eigenvalue weighted by Gasteiger charge is 2.32. The van der Waals surface area contributed by atoms with Crippen LogP contribution in [0.3, 0.4) is 0 Å². The molecular formula is C27H53N5. The van der Waals surface area contributed by atoms with Gasteiger partial charge in [-0.05, 0) is 58.3 Å². The highest BCUT2D eigenvalue weighted by atomic mass is 15.1.